The summed E-state index contributed by atoms with van der Waals surface area (Å²) >= 11 is 0. The van der Waals surface area contributed by atoms with Crippen LogP contribution in [-0.2, 0) is 21.2 Å². The number of amides is 1. The summed E-state index contributed by atoms with van der Waals surface area (Å²) in [7, 11) is -3.46. The highest BCUT2D eigenvalue weighted by Gasteiger charge is 2.35. The summed E-state index contributed by atoms with van der Waals surface area (Å²) in [5, 5.41) is 0. The maximum Gasteiger partial charge on any atom is 0.243 e. The van der Waals surface area contributed by atoms with Crippen molar-refractivity contribution in [1.29, 1.82) is 0 Å². The standard InChI is InChI=1S/C18H25N3O3S/c1-14(22)21-8-2-3-15-13-17(6-7-18(15)21)25(23,24)20-11-9-19(10-12-20)16-4-5-16/h6-7,13,16H,2-5,8-12H2,1H3. The number of rotatable bonds is 3. The van der Waals surface area contributed by atoms with Gasteiger partial charge in [-0.25, -0.2) is 8.42 Å². The first-order chi connectivity index (χ1) is 12.0. The molecule has 25 heavy (non-hydrogen) atoms. The maximum atomic E-state index is 13.0. The zero-order valence-electron chi connectivity index (χ0n) is 14.6. The van der Waals surface area contributed by atoms with Crippen LogP contribution in [0, 0.1) is 0 Å². The molecule has 0 spiro atoms. The van der Waals surface area contributed by atoms with Gasteiger partial charge < -0.3 is 4.90 Å². The minimum Gasteiger partial charge on any atom is -0.312 e. The molecule has 0 radical (unpaired) electrons. The highest BCUT2D eigenvalue weighted by Crippen LogP contribution is 2.32. The molecule has 0 aromatic heterocycles. The van der Waals surface area contributed by atoms with Crippen molar-refractivity contribution in [2.45, 2.75) is 43.5 Å². The summed E-state index contributed by atoms with van der Waals surface area (Å²) in [5.41, 5.74) is 1.82. The summed E-state index contributed by atoms with van der Waals surface area (Å²) in [6, 6.07) is 5.91. The molecule has 0 N–H and O–H groups in total. The molecule has 1 amide bonds. The minimum atomic E-state index is -3.46. The lowest BCUT2D eigenvalue weighted by Crippen LogP contribution is -2.49. The molecule has 0 bridgehead atoms. The van der Waals surface area contributed by atoms with E-state index in [-0.39, 0.29) is 5.91 Å². The molecule has 2 aliphatic heterocycles. The predicted molar refractivity (Wildman–Crippen MR) is 96.1 cm³/mol. The van der Waals surface area contributed by atoms with Crippen molar-refractivity contribution < 1.29 is 13.2 Å². The third-order valence-corrected chi connectivity index (χ3v) is 7.42. The molecule has 7 heteroatoms. The summed E-state index contributed by atoms with van der Waals surface area (Å²) in [6.45, 7) is 5.04. The van der Waals surface area contributed by atoms with Crippen molar-refractivity contribution in [3.8, 4) is 0 Å². The van der Waals surface area contributed by atoms with E-state index in [1.165, 1.54) is 12.8 Å². The Morgan fingerprint density at radius 2 is 1.80 bits per heavy atom. The monoisotopic (exact) mass is 363 g/mol. The molecule has 4 rings (SSSR count). The minimum absolute atomic E-state index is 0.00718. The molecule has 6 nitrogen and oxygen atoms in total. The quantitative estimate of drug-likeness (QED) is 0.816. The van der Waals surface area contributed by atoms with Gasteiger partial charge in [0.25, 0.3) is 0 Å². The zero-order chi connectivity index (χ0) is 17.6. The smallest absolute Gasteiger partial charge is 0.243 e. The number of benzene rings is 1. The Labute approximate surface area is 149 Å². The van der Waals surface area contributed by atoms with Crippen molar-refractivity contribution in [2.24, 2.45) is 0 Å². The Kier molecular flexibility index (Phi) is 4.33. The van der Waals surface area contributed by atoms with Crippen molar-refractivity contribution in [3.63, 3.8) is 0 Å². The number of fused-ring (bicyclic) bond motifs is 1. The largest absolute Gasteiger partial charge is 0.312 e. The van der Waals surface area contributed by atoms with Gasteiger partial charge in [0.15, 0.2) is 0 Å². The maximum absolute atomic E-state index is 13.0. The number of hydrogen-bond acceptors (Lipinski definition) is 4. The Hall–Kier alpha value is -1.44. The van der Waals surface area contributed by atoms with E-state index in [4.69, 9.17) is 0 Å². The van der Waals surface area contributed by atoms with Gasteiger partial charge in [0.1, 0.15) is 0 Å². The van der Waals surface area contributed by atoms with Gasteiger partial charge >= 0.3 is 0 Å². The highest BCUT2D eigenvalue weighted by atomic mass is 32.2. The summed E-state index contributed by atoms with van der Waals surface area (Å²) in [4.78, 5) is 16.3. The third kappa shape index (κ3) is 3.20. The van der Waals surface area contributed by atoms with Crippen LogP contribution >= 0.6 is 0 Å². The van der Waals surface area contributed by atoms with Gasteiger partial charge in [-0.3, -0.25) is 9.69 Å². The van der Waals surface area contributed by atoms with E-state index in [9.17, 15) is 13.2 Å². The van der Waals surface area contributed by atoms with Gasteiger partial charge in [0, 0.05) is 51.4 Å². The third-order valence-electron chi connectivity index (χ3n) is 5.52. The fourth-order valence-corrected chi connectivity index (χ4v) is 5.43. The van der Waals surface area contributed by atoms with Gasteiger partial charge in [0.2, 0.25) is 15.9 Å². The van der Waals surface area contributed by atoms with Crippen LogP contribution in [-0.4, -0.2) is 62.3 Å². The van der Waals surface area contributed by atoms with Crippen LogP contribution in [0.1, 0.15) is 31.7 Å². The fraction of sp³-hybridized carbons (Fsp3) is 0.611. The number of carbonyl (C=O) groups excluding carboxylic acids is 1. The summed E-state index contributed by atoms with van der Waals surface area (Å²) in [6.07, 6.45) is 4.20. The molecular weight excluding hydrogens is 338 g/mol. The van der Waals surface area contributed by atoms with Crippen LogP contribution in [0.4, 0.5) is 5.69 Å². The Morgan fingerprint density at radius 3 is 2.44 bits per heavy atom. The number of sulfonamides is 1. The summed E-state index contributed by atoms with van der Waals surface area (Å²) in [5.74, 6) is 0.00718. The first-order valence-electron chi connectivity index (χ1n) is 9.12. The van der Waals surface area contributed by atoms with E-state index in [1.54, 1.807) is 34.3 Å². The van der Waals surface area contributed by atoms with Gasteiger partial charge in [-0.2, -0.15) is 4.31 Å². The average molecular weight is 363 g/mol. The second-order valence-corrected chi connectivity index (χ2v) is 9.17. The molecule has 1 aromatic carbocycles. The number of anilines is 1. The SMILES string of the molecule is CC(=O)N1CCCc2cc(S(=O)(=O)N3CCN(C4CC4)CC3)ccc21. The molecule has 1 aliphatic carbocycles. The topological polar surface area (TPSA) is 60.9 Å². The Morgan fingerprint density at radius 1 is 1.08 bits per heavy atom. The molecule has 1 saturated carbocycles. The van der Waals surface area contributed by atoms with Crippen molar-refractivity contribution in [2.75, 3.05) is 37.6 Å². The predicted octanol–water partition coefficient (Wildman–Crippen LogP) is 1.45. The molecule has 0 unspecified atom stereocenters. The van der Waals surface area contributed by atoms with Gasteiger partial charge in [-0.15, -0.1) is 0 Å². The summed E-state index contributed by atoms with van der Waals surface area (Å²) < 4.78 is 27.6. The molecule has 1 saturated heterocycles. The van der Waals surface area contributed by atoms with Crippen LogP contribution in [0.5, 0.6) is 0 Å². The van der Waals surface area contributed by atoms with Crippen LogP contribution in [0.2, 0.25) is 0 Å². The number of aryl methyl sites for hydroxylation is 1. The van der Waals surface area contributed by atoms with Crippen LogP contribution in [0.15, 0.2) is 23.1 Å². The number of hydrogen-bond donors (Lipinski definition) is 0. The lowest BCUT2D eigenvalue weighted by atomic mass is 10.0. The molecule has 2 heterocycles. The normalized spacial score (nSPS) is 22.7. The lowest BCUT2D eigenvalue weighted by molar-refractivity contribution is -0.116. The first-order valence-corrected chi connectivity index (χ1v) is 10.6. The molecular formula is C18H25N3O3S. The van der Waals surface area contributed by atoms with E-state index in [1.807, 2.05) is 0 Å². The van der Waals surface area contributed by atoms with Crippen LogP contribution in [0.25, 0.3) is 0 Å². The fourth-order valence-electron chi connectivity index (χ4n) is 3.96. The van der Waals surface area contributed by atoms with Gasteiger partial charge in [0.05, 0.1) is 4.90 Å². The van der Waals surface area contributed by atoms with Crippen molar-refractivity contribution in [3.05, 3.63) is 23.8 Å². The second kappa shape index (κ2) is 6.37. The number of piperazine rings is 1. The van der Waals surface area contributed by atoms with E-state index in [0.29, 0.717) is 30.6 Å². The van der Waals surface area contributed by atoms with E-state index < -0.39 is 10.0 Å². The van der Waals surface area contributed by atoms with Crippen LogP contribution < -0.4 is 4.90 Å². The highest BCUT2D eigenvalue weighted by molar-refractivity contribution is 7.89. The van der Waals surface area contributed by atoms with E-state index >= 15 is 0 Å². The van der Waals surface area contributed by atoms with Crippen LogP contribution in [0.3, 0.4) is 0 Å². The zero-order valence-corrected chi connectivity index (χ0v) is 15.5. The van der Waals surface area contributed by atoms with E-state index in [2.05, 4.69) is 4.90 Å². The first kappa shape index (κ1) is 17.0. The lowest BCUT2D eigenvalue weighted by Gasteiger charge is -2.34. The second-order valence-electron chi connectivity index (χ2n) is 7.24. The van der Waals surface area contributed by atoms with Gasteiger partial charge in [-0.05, 0) is 49.4 Å². The molecule has 1 aromatic rings. The number of carbonyl (C=O) groups is 1. The average Bonchev–Trinajstić information content (AvgIpc) is 3.46. The number of nitrogens with zero attached hydrogens (tertiary/aromatic N) is 3. The molecule has 136 valence electrons. The van der Waals surface area contributed by atoms with E-state index in [0.717, 1.165) is 37.2 Å². The molecule has 3 aliphatic rings. The Bertz CT molecular complexity index is 781. The Balaban J connectivity index is 1.55. The van der Waals surface area contributed by atoms with Crippen molar-refractivity contribution in [1.82, 2.24) is 9.21 Å². The van der Waals surface area contributed by atoms with Gasteiger partial charge in [-0.1, -0.05) is 0 Å². The molecule has 0 atom stereocenters. The van der Waals surface area contributed by atoms with Crippen molar-refractivity contribution >= 4 is 21.6 Å². The molecule has 2 fully saturated rings.